The van der Waals surface area contributed by atoms with Crippen LogP contribution in [0.5, 0.6) is 0 Å². The standard InChI is InChI=1S/C19H23N3O3/c1-15-4-2-5-16(12-15)14-21-7-9-22(10-8-21)18(23)13-20-19(24)17-6-3-11-25-17/h2-6,11-12H,7-10,13-14H2,1H3,(H,20,24)/p+1. The number of piperazine rings is 1. The second-order valence-corrected chi connectivity index (χ2v) is 6.46. The predicted molar refractivity (Wildman–Crippen MR) is 93.2 cm³/mol. The maximum absolute atomic E-state index is 12.3. The van der Waals surface area contributed by atoms with Crippen LogP contribution in [0.2, 0.25) is 0 Å². The number of hydrogen-bond acceptors (Lipinski definition) is 3. The van der Waals surface area contributed by atoms with E-state index in [4.69, 9.17) is 4.42 Å². The van der Waals surface area contributed by atoms with Gasteiger partial charge in [0.15, 0.2) is 5.76 Å². The average molecular weight is 342 g/mol. The summed E-state index contributed by atoms with van der Waals surface area (Å²) in [6, 6.07) is 11.8. The van der Waals surface area contributed by atoms with E-state index in [2.05, 4.69) is 36.5 Å². The summed E-state index contributed by atoms with van der Waals surface area (Å²) in [4.78, 5) is 27.4. The van der Waals surface area contributed by atoms with E-state index in [1.165, 1.54) is 22.3 Å². The summed E-state index contributed by atoms with van der Waals surface area (Å²) in [6.45, 7) is 6.38. The van der Waals surface area contributed by atoms with Crippen LogP contribution in [0.1, 0.15) is 21.7 Å². The molecule has 0 saturated carbocycles. The number of amides is 2. The van der Waals surface area contributed by atoms with Crippen LogP contribution in [0.3, 0.4) is 0 Å². The summed E-state index contributed by atoms with van der Waals surface area (Å²) in [5.41, 5.74) is 2.61. The Bertz CT molecular complexity index is 719. The Hall–Kier alpha value is -2.60. The van der Waals surface area contributed by atoms with E-state index in [-0.39, 0.29) is 24.1 Å². The molecule has 0 bridgehead atoms. The Morgan fingerprint density at radius 3 is 2.68 bits per heavy atom. The molecule has 2 amide bonds. The van der Waals surface area contributed by atoms with E-state index in [0.717, 1.165) is 32.7 Å². The van der Waals surface area contributed by atoms with Crippen molar-refractivity contribution in [2.45, 2.75) is 13.5 Å². The molecule has 25 heavy (non-hydrogen) atoms. The third-order valence-corrected chi connectivity index (χ3v) is 4.51. The number of benzene rings is 1. The lowest BCUT2D eigenvalue weighted by molar-refractivity contribution is -0.917. The maximum atomic E-state index is 12.3. The van der Waals surface area contributed by atoms with Gasteiger partial charge in [-0.3, -0.25) is 9.59 Å². The first kappa shape index (κ1) is 17.2. The zero-order chi connectivity index (χ0) is 17.6. The van der Waals surface area contributed by atoms with Crippen molar-refractivity contribution in [1.82, 2.24) is 10.2 Å². The minimum absolute atomic E-state index is 0.00669. The zero-order valence-corrected chi connectivity index (χ0v) is 14.5. The highest BCUT2D eigenvalue weighted by Gasteiger charge is 2.24. The molecule has 0 atom stereocenters. The maximum Gasteiger partial charge on any atom is 0.287 e. The molecule has 0 unspecified atom stereocenters. The minimum Gasteiger partial charge on any atom is -0.459 e. The Morgan fingerprint density at radius 1 is 1.20 bits per heavy atom. The molecule has 132 valence electrons. The summed E-state index contributed by atoms with van der Waals surface area (Å²) >= 11 is 0. The number of aryl methyl sites for hydroxylation is 1. The number of rotatable bonds is 5. The van der Waals surface area contributed by atoms with Gasteiger partial charge in [-0.1, -0.05) is 29.8 Å². The van der Waals surface area contributed by atoms with Gasteiger partial charge in [0.1, 0.15) is 6.54 Å². The summed E-state index contributed by atoms with van der Waals surface area (Å²) in [6.07, 6.45) is 1.44. The monoisotopic (exact) mass is 342 g/mol. The summed E-state index contributed by atoms with van der Waals surface area (Å²) in [5, 5.41) is 2.61. The first-order chi connectivity index (χ1) is 12.1. The van der Waals surface area contributed by atoms with Crippen LogP contribution in [-0.2, 0) is 11.3 Å². The topological polar surface area (TPSA) is 67.0 Å². The van der Waals surface area contributed by atoms with Crippen molar-refractivity contribution < 1.29 is 18.9 Å². The van der Waals surface area contributed by atoms with E-state index < -0.39 is 0 Å². The Kier molecular flexibility index (Phi) is 5.50. The molecule has 3 rings (SSSR count). The van der Waals surface area contributed by atoms with Gasteiger partial charge < -0.3 is 19.5 Å². The van der Waals surface area contributed by atoms with Crippen molar-refractivity contribution in [2.75, 3.05) is 32.7 Å². The quantitative estimate of drug-likeness (QED) is 0.818. The lowest BCUT2D eigenvalue weighted by atomic mass is 10.1. The second-order valence-electron chi connectivity index (χ2n) is 6.46. The predicted octanol–water partition coefficient (Wildman–Crippen LogP) is 0.245. The molecular formula is C19H24N3O3+. The number of quaternary nitrogens is 1. The molecular weight excluding hydrogens is 318 g/mol. The van der Waals surface area contributed by atoms with Crippen molar-refractivity contribution in [3.8, 4) is 0 Å². The van der Waals surface area contributed by atoms with E-state index in [1.54, 1.807) is 12.1 Å². The Labute approximate surface area is 147 Å². The van der Waals surface area contributed by atoms with Crippen LogP contribution < -0.4 is 10.2 Å². The highest BCUT2D eigenvalue weighted by atomic mass is 16.3. The number of nitrogens with one attached hydrogen (secondary N) is 2. The fourth-order valence-corrected chi connectivity index (χ4v) is 3.12. The lowest BCUT2D eigenvalue weighted by Crippen LogP contribution is -3.13. The van der Waals surface area contributed by atoms with Crippen LogP contribution in [0, 0.1) is 6.92 Å². The van der Waals surface area contributed by atoms with Gasteiger partial charge in [0.05, 0.1) is 39.0 Å². The molecule has 0 spiro atoms. The van der Waals surface area contributed by atoms with Gasteiger partial charge in [0.2, 0.25) is 5.91 Å². The van der Waals surface area contributed by atoms with Gasteiger partial charge >= 0.3 is 0 Å². The number of furan rings is 1. The summed E-state index contributed by atoms with van der Waals surface area (Å²) < 4.78 is 5.01. The fourth-order valence-electron chi connectivity index (χ4n) is 3.12. The van der Waals surface area contributed by atoms with E-state index in [1.807, 2.05) is 4.90 Å². The van der Waals surface area contributed by atoms with Gasteiger partial charge in [-0.2, -0.15) is 0 Å². The summed E-state index contributed by atoms with van der Waals surface area (Å²) in [5.74, 6) is -0.184. The number of carbonyl (C=O) groups is 2. The molecule has 0 radical (unpaired) electrons. The van der Waals surface area contributed by atoms with Gasteiger partial charge in [-0.05, 0) is 19.1 Å². The zero-order valence-electron chi connectivity index (χ0n) is 14.5. The first-order valence-electron chi connectivity index (χ1n) is 8.60. The first-order valence-corrected chi connectivity index (χ1v) is 8.60. The highest BCUT2D eigenvalue weighted by Crippen LogP contribution is 2.03. The van der Waals surface area contributed by atoms with E-state index in [9.17, 15) is 9.59 Å². The highest BCUT2D eigenvalue weighted by molar-refractivity contribution is 5.94. The average Bonchev–Trinajstić information content (AvgIpc) is 3.15. The molecule has 6 nitrogen and oxygen atoms in total. The molecule has 6 heteroatoms. The second kappa shape index (κ2) is 7.98. The number of hydrogen-bond donors (Lipinski definition) is 2. The third kappa shape index (κ3) is 4.70. The van der Waals surface area contributed by atoms with Crippen molar-refractivity contribution in [3.63, 3.8) is 0 Å². The SMILES string of the molecule is Cc1cccc(C[NH+]2CCN(C(=O)CNC(=O)c3ccco3)CC2)c1. The molecule has 1 saturated heterocycles. The van der Waals surface area contributed by atoms with Crippen molar-refractivity contribution in [3.05, 3.63) is 59.5 Å². The van der Waals surface area contributed by atoms with Crippen molar-refractivity contribution in [2.24, 2.45) is 0 Å². The smallest absolute Gasteiger partial charge is 0.287 e. The lowest BCUT2D eigenvalue weighted by Gasteiger charge is -2.32. The van der Waals surface area contributed by atoms with E-state index in [0.29, 0.717) is 0 Å². The normalized spacial score (nSPS) is 15.2. The van der Waals surface area contributed by atoms with Crippen LogP contribution >= 0.6 is 0 Å². The number of carbonyl (C=O) groups excluding carboxylic acids is 2. The van der Waals surface area contributed by atoms with Crippen molar-refractivity contribution >= 4 is 11.8 Å². The van der Waals surface area contributed by atoms with E-state index >= 15 is 0 Å². The molecule has 0 aliphatic carbocycles. The van der Waals surface area contributed by atoms with Crippen LogP contribution in [-0.4, -0.2) is 49.4 Å². The molecule has 2 aromatic rings. The molecule has 1 aromatic carbocycles. The Morgan fingerprint density at radius 2 is 2.00 bits per heavy atom. The number of nitrogens with zero attached hydrogens (tertiary/aromatic N) is 1. The molecule has 1 fully saturated rings. The molecule has 1 aromatic heterocycles. The molecule has 1 aliphatic heterocycles. The van der Waals surface area contributed by atoms with Crippen molar-refractivity contribution in [1.29, 1.82) is 0 Å². The Balaban J connectivity index is 1.42. The molecule has 2 heterocycles. The fraction of sp³-hybridized carbons (Fsp3) is 0.368. The van der Waals surface area contributed by atoms with Crippen LogP contribution in [0.25, 0.3) is 0 Å². The molecule has 2 N–H and O–H groups in total. The van der Waals surface area contributed by atoms with Crippen LogP contribution in [0.4, 0.5) is 0 Å². The summed E-state index contributed by atoms with van der Waals surface area (Å²) in [7, 11) is 0. The largest absolute Gasteiger partial charge is 0.459 e. The minimum atomic E-state index is -0.359. The van der Waals surface area contributed by atoms with Gasteiger partial charge in [0.25, 0.3) is 5.91 Å². The van der Waals surface area contributed by atoms with Crippen LogP contribution in [0.15, 0.2) is 47.1 Å². The molecule has 1 aliphatic rings. The third-order valence-electron chi connectivity index (χ3n) is 4.51. The van der Waals surface area contributed by atoms with Gasteiger partial charge in [0, 0.05) is 5.56 Å². The van der Waals surface area contributed by atoms with Gasteiger partial charge in [-0.25, -0.2) is 0 Å². The van der Waals surface area contributed by atoms with Gasteiger partial charge in [-0.15, -0.1) is 0 Å².